The van der Waals surface area contributed by atoms with Gasteiger partial charge in [-0.2, -0.15) is 5.10 Å². The molecule has 1 aliphatic rings. The topological polar surface area (TPSA) is 64.7 Å². The predicted molar refractivity (Wildman–Crippen MR) is 50.5 cm³/mol. The second-order valence-corrected chi connectivity index (χ2v) is 3.89. The van der Waals surface area contributed by atoms with Crippen molar-refractivity contribution in [2.24, 2.45) is 10.9 Å². The number of Topliss-reactive ketones (excluding diaryl/α,β-unsaturated/α-hetero) is 1. The highest BCUT2D eigenvalue weighted by Gasteiger charge is 2.37. The van der Waals surface area contributed by atoms with Crippen LogP contribution in [0.2, 0.25) is 0 Å². The molecule has 0 aromatic heterocycles. The van der Waals surface area contributed by atoms with E-state index in [1.165, 1.54) is 0 Å². The maximum atomic E-state index is 11.5. The Bertz CT molecular complexity index is 246. The Morgan fingerprint density at radius 2 is 2.31 bits per heavy atom. The monoisotopic (exact) mass is 184 g/mol. The number of ketones is 1. The highest BCUT2D eigenvalue weighted by Crippen LogP contribution is 2.25. The Labute approximate surface area is 78.1 Å². The summed E-state index contributed by atoms with van der Waals surface area (Å²) < 4.78 is 5.58. The number of rotatable bonds is 1. The van der Waals surface area contributed by atoms with Gasteiger partial charge >= 0.3 is 0 Å². The van der Waals surface area contributed by atoms with Gasteiger partial charge in [0.1, 0.15) is 11.8 Å². The summed E-state index contributed by atoms with van der Waals surface area (Å²) >= 11 is 0. The minimum atomic E-state index is -0.369. The molecule has 0 radical (unpaired) electrons. The Morgan fingerprint density at radius 1 is 1.69 bits per heavy atom. The summed E-state index contributed by atoms with van der Waals surface area (Å²) in [5, 5.41) is 3.51. The van der Waals surface area contributed by atoms with E-state index in [2.05, 4.69) is 5.10 Å². The smallest absolute Gasteiger partial charge is 0.207 e. The first-order chi connectivity index (χ1) is 6.00. The van der Waals surface area contributed by atoms with Gasteiger partial charge in [-0.3, -0.25) is 4.79 Å². The zero-order valence-corrected chi connectivity index (χ0v) is 8.33. The van der Waals surface area contributed by atoms with Crippen molar-refractivity contribution in [3.8, 4) is 0 Å². The molecule has 4 nitrogen and oxygen atoms in total. The van der Waals surface area contributed by atoms with E-state index in [9.17, 15) is 4.79 Å². The van der Waals surface area contributed by atoms with Crippen LogP contribution in [0.4, 0.5) is 0 Å². The van der Waals surface area contributed by atoms with Crippen LogP contribution in [0.3, 0.4) is 0 Å². The van der Waals surface area contributed by atoms with Gasteiger partial charge in [0.05, 0.1) is 5.60 Å². The molecule has 1 atom stereocenters. The number of hydrogen-bond donors (Lipinski definition) is 1. The fraction of sp³-hybridized carbons (Fsp3) is 0.778. The third-order valence-corrected chi connectivity index (χ3v) is 2.16. The molecule has 2 N–H and O–H groups in total. The van der Waals surface area contributed by atoms with Crippen molar-refractivity contribution in [3.05, 3.63) is 0 Å². The van der Waals surface area contributed by atoms with Crippen molar-refractivity contribution in [2.45, 2.75) is 45.3 Å². The second kappa shape index (κ2) is 3.46. The van der Waals surface area contributed by atoms with Gasteiger partial charge in [-0.15, -0.1) is 0 Å². The average molecular weight is 184 g/mol. The molecule has 0 aromatic rings. The van der Waals surface area contributed by atoms with Gasteiger partial charge in [-0.1, -0.05) is 6.92 Å². The van der Waals surface area contributed by atoms with Crippen LogP contribution in [0.1, 0.15) is 33.6 Å². The number of carbonyl (C=O) groups is 1. The van der Waals surface area contributed by atoms with E-state index in [0.717, 1.165) is 0 Å². The first-order valence-electron chi connectivity index (χ1n) is 4.49. The van der Waals surface area contributed by atoms with E-state index in [4.69, 9.17) is 10.6 Å². The Morgan fingerprint density at radius 3 is 2.77 bits per heavy atom. The van der Waals surface area contributed by atoms with Gasteiger partial charge in [-0.05, 0) is 20.3 Å². The van der Waals surface area contributed by atoms with E-state index in [0.29, 0.717) is 18.6 Å². The Balaban J connectivity index is 2.87. The predicted octanol–water partition coefficient (Wildman–Crippen LogP) is 0.848. The molecule has 0 saturated carbocycles. The molecule has 1 fully saturated rings. The van der Waals surface area contributed by atoms with E-state index in [-0.39, 0.29) is 17.5 Å². The highest BCUT2D eigenvalue weighted by molar-refractivity contribution is 6.42. The average Bonchev–Trinajstić information content (AvgIpc) is 2.08. The van der Waals surface area contributed by atoms with Crippen LogP contribution in [0.25, 0.3) is 0 Å². The minimum absolute atomic E-state index is 0.0654. The molecule has 0 bridgehead atoms. The lowest BCUT2D eigenvalue weighted by atomic mass is 9.91. The summed E-state index contributed by atoms with van der Waals surface area (Å²) in [6.45, 7) is 5.79. The first-order valence-corrected chi connectivity index (χ1v) is 4.49. The third-order valence-electron chi connectivity index (χ3n) is 2.16. The van der Waals surface area contributed by atoms with Gasteiger partial charge in [0, 0.05) is 6.42 Å². The van der Waals surface area contributed by atoms with Gasteiger partial charge < -0.3 is 10.6 Å². The fourth-order valence-electron chi connectivity index (χ4n) is 1.53. The van der Waals surface area contributed by atoms with Crippen molar-refractivity contribution >= 4 is 11.5 Å². The van der Waals surface area contributed by atoms with E-state index < -0.39 is 0 Å². The number of hydrazone groups is 1. The lowest BCUT2D eigenvalue weighted by molar-refractivity contribution is -0.140. The molecule has 0 aromatic carbocycles. The summed E-state index contributed by atoms with van der Waals surface area (Å²) in [5.74, 6) is 5.08. The molecule has 4 heteroatoms. The summed E-state index contributed by atoms with van der Waals surface area (Å²) in [5.41, 5.74) is 0.121. The number of nitrogens with two attached hydrogens (primary N) is 1. The van der Waals surface area contributed by atoms with Crippen molar-refractivity contribution in [1.29, 1.82) is 0 Å². The number of ether oxygens (including phenoxy) is 1. The van der Waals surface area contributed by atoms with Crippen molar-refractivity contribution in [3.63, 3.8) is 0 Å². The van der Waals surface area contributed by atoms with E-state index in [1.807, 2.05) is 20.8 Å². The zero-order valence-electron chi connectivity index (χ0n) is 8.33. The maximum Gasteiger partial charge on any atom is 0.207 e. The first kappa shape index (κ1) is 10.2. The van der Waals surface area contributed by atoms with Crippen molar-refractivity contribution in [2.75, 3.05) is 0 Å². The molecular formula is C9H16N2O2. The van der Waals surface area contributed by atoms with Gasteiger partial charge in [0.2, 0.25) is 5.78 Å². The molecule has 0 aliphatic carbocycles. The van der Waals surface area contributed by atoms with Crippen molar-refractivity contribution < 1.29 is 9.53 Å². The van der Waals surface area contributed by atoms with Gasteiger partial charge in [0.25, 0.3) is 0 Å². The van der Waals surface area contributed by atoms with Crippen LogP contribution >= 0.6 is 0 Å². The van der Waals surface area contributed by atoms with Crippen LogP contribution in [-0.2, 0) is 9.53 Å². The fourth-order valence-corrected chi connectivity index (χ4v) is 1.53. The Kier molecular flexibility index (Phi) is 2.71. The number of hydrogen-bond acceptors (Lipinski definition) is 4. The highest BCUT2D eigenvalue weighted by atomic mass is 16.5. The molecular weight excluding hydrogens is 168 g/mol. The van der Waals surface area contributed by atoms with Crippen LogP contribution in [0, 0.1) is 0 Å². The lowest BCUT2D eigenvalue weighted by Crippen LogP contribution is -2.47. The van der Waals surface area contributed by atoms with Crippen LogP contribution < -0.4 is 5.84 Å². The van der Waals surface area contributed by atoms with Crippen LogP contribution in [0.15, 0.2) is 5.10 Å². The van der Waals surface area contributed by atoms with E-state index >= 15 is 0 Å². The molecule has 13 heavy (non-hydrogen) atoms. The second-order valence-electron chi connectivity index (χ2n) is 3.89. The molecule has 1 rings (SSSR count). The Hall–Kier alpha value is -0.900. The third kappa shape index (κ3) is 2.06. The molecule has 0 spiro atoms. The normalized spacial score (nSPS) is 30.8. The summed E-state index contributed by atoms with van der Waals surface area (Å²) in [6.07, 6.45) is 0.797. The summed E-state index contributed by atoms with van der Waals surface area (Å²) in [4.78, 5) is 11.5. The molecule has 0 amide bonds. The van der Waals surface area contributed by atoms with Crippen LogP contribution in [0.5, 0.6) is 0 Å². The molecule has 1 heterocycles. The molecule has 74 valence electrons. The van der Waals surface area contributed by atoms with Crippen molar-refractivity contribution in [1.82, 2.24) is 0 Å². The number of nitrogens with zero attached hydrogens (tertiary/aromatic N) is 1. The van der Waals surface area contributed by atoms with Crippen LogP contribution in [-0.4, -0.2) is 23.2 Å². The largest absolute Gasteiger partial charge is 0.364 e. The van der Waals surface area contributed by atoms with Gasteiger partial charge in [0.15, 0.2) is 0 Å². The summed E-state index contributed by atoms with van der Waals surface area (Å²) in [6, 6.07) is 0. The molecule has 1 aliphatic heterocycles. The molecule has 1 unspecified atom stereocenters. The minimum Gasteiger partial charge on any atom is -0.364 e. The SMILES string of the molecule is CCC1OC(C)(C)C/C(=N/N)C1=O. The van der Waals surface area contributed by atoms with E-state index in [1.54, 1.807) is 0 Å². The lowest BCUT2D eigenvalue weighted by Gasteiger charge is -2.34. The molecule has 1 saturated heterocycles. The zero-order chi connectivity index (χ0) is 10.1. The quantitative estimate of drug-likeness (QED) is 0.485. The summed E-state index contributed by atoms with van der Waals surface area (Å²) in [7, 11) is 0. The number of carbonyl (C=O) groups excluding carboxylic acids is 1. The maximum absolute atomic E-state index is 11.5. The van der Waals surface area contributed by atoms with Gasteiger partial charge in [-0.25, -0.2) is 0 Å². The standard InChI is InChI=1S/C9H16N2O2/c1-4-7-8(12)6(11-10)5-9(2,3)13-7/h7H,4-5,10H2,1-3H3/b11-6-.